The van der Waals surface area contributed by atoms with Crippen LogP contribution in [0.15, 0.2) is 48.5 Å². The molecule has 25 heavy (non-hydrogen) atoms. The molecule has 0 fully saturated rings. The van der Waals surface area contributed by atoms with Crippen LogP contribution < -0.4 is 14.8 Å². The summed E-state index contributed by atoms with van der Waals surface area (Å²) in [5, 5.41) is 3.11. The van der Waals surface area contributed by atoms with Gasteiger partial charge >= 0.3 is 0 Å². The molecule has 0 radical (unpaired) electrons. The van der Waals surface area contributed by atoms with Crippen LogP contribution in [0.25, 0.3) is 0 Å². The van der Waals surface area contributed by atoms with Crippen LogP contribution in [-0.2, 0) is 4.79 Å². The second kappa shape index (κ2) is 9.72. The first-order valence-electron chi connectivity index (χ1n) is 8.75. The molecule has 1 N–H and O–H groups in total. The number of ether oxygens (including phenoxy) is 2. The van der Waals surface area contributed by atoms with Crippen molar-refractivity contribution in [2.75, 3.05) is 13.7 Å². The Morgan fingerprint density at radius 2 is 1.92 bits per heavy atom. The van der Waals surface area contributed by atoms with Crippen molar-refractivity contribution < 1.29 is 14.3 Å². The summed E-state index contributed by atoms with van der Waals surface area (Å²) >= 11 is 0. The highest BCUT2D eigenvalue weighted by atomic mass is 16.5. The first-order chi connectivity index (χ1) is 12.1. The first-order valence-corrected chi connectivity index (χ1v) is 8.75. The van der Waals surface area contributed by atoms with E-state index < -0.39 is 0 Å². The van der Waals surface area contributed by atoms with Crippen LogP contribution in [0.4, 0.5) is 0 Å². The fourth-order valence-corrected chi connectivity index (χ4v) is 2.75. The molecule has 0 spiro atoms. The minimum Gasteiger partial charge on any atom is -0.496 e. The number of carbonyl (C=O) groups excluding carboxylic acids is 1. The molecule has 0 bridgehead atoms. The Morgan fingerprint density at radius 3 is 2.56 bits per heavy atom. The zero-order valence-electron chi connectivity index (χ0n) is 15.2. The maximum absolute atomic E-state index is 12.2. The molecule has 134 valence electrons. The van der Waals surface area contributed by atoms with Crippen molar-refractivity contribution in [1.29, 1.82) is 0 Å². The smallest absolute Gasteiger partial charge is 0.220 e. The summed E-state index contributed by atoms with van der Waals surface area (Å²) in [5.74, 6) is 1.75. The van der Waals surface area contributed by atoms with Crippen LogP contribution in [0, 0.1) is 6.92 Å². The van der Waals surface area contributed by atoms with Gasteiger partial charge < -0.3 is 14.8 Å². The second-order valence-corrected chi connectivity index (χ2v) is 6.02. The van der Waals surface area contributed by atoms with Gasteiger partial charge in [0.2, 0.25) is 5.91 Å². The highest BCUT2D eigenvalue weighted by Gasteiger charge is 2.13. The largest absolute Gasteiger partial charge is 0.496 e. The van der Waals surface area contributed by atoms with E-state index in [9.17, 15) is 4.79 Å². The molecule has 2 aromatic rings. The Kier molecular flexibility index (Phi) is 7.33. The average molecular weight is 341 g/mol. The number of para-hydroxylation sites is 1. The molecule has 2 rings (SSSR count). The van der Waals surface area contributed by atoms with Gasteiger partial charge in [0.15, 0.2) is 0 Å². The van der Waals surface area contributed by atoms with Gasteiger partial charge in [-0.05, 0) is 49.1 Å². The minimum atomic E-state index is 0.0205. The standard InChI is InChI=1S/C21H27NO3/c1-4-19(17-12-13-20(24-3)16(2)15-17)22-21(23)11-8-14-25-18-9-6-5-7-10-18/h5-7,9-10,12-13,15,19H,4,8,11,14H2,1-3H3,(H,22,23)/t19-/m0/s1. The third kappa shape index (κ3) is 5.82. The van der Waals surface area contributed by atoms with Gasteiger partial charge in [-0.1, -0.05) is 37.3 Å². The molecule has 1 atom stereocenters. The zero-order valence-corrected chi connectivity index (χ0v) is 15.2. The van der Waals surface area contributed by atoms with E-state index in [1.165, 1.54) is 0 Å². The van der Waals surface area contributed by atoms with Gasteiger partial charge in [0, 0.05) is 6.42 Å². The molecule has 0 aromatic heterocycles. The fourth-order valence-electron chi connectivity index (χ4n) is 2.75. The summed E-state index contributed by atoms with van der Waals surface area (Å²) in [5.41, 5.74) is 2.18. The molecule has 0 heterocycles. The second-order valence-electron chi connectivity index (χ2n) is 6.02. The number of rotatable bonds is 9. The lowest BCUT2D eigenvalue weighted by Gasteiger charge is -2.19. The van der Waals surface area contributed by atoms with Crippen molar-refractivity contribution in [3.63, 3.8) is 0 Å². The molecular weight excluding hydrogens is 314 g/mol. The van der Waals surface area contributed by atoms with Crippen LogP contribution in [0.3, 0.4) is 0 Å². The number of hydrogen-bond acceptors (Lipinski definition) is 3. The number of hydrogen-bond donors (Lipinski definition) is 1. The van der Waals surface area contributed by atoms with Gasteiger partial charge in [-0.2, -0.15) is 0 Å². The lowest BCUT2D eigenvalue weighted by molar-refractivity contribution is -0.122. The van der Waals surface area contributed by atoms with E-state index in [4.69, 9.17) is 9.47 Å². The topological polar surface area (TPSA) is 47.6 Å². The predicted octanol–water partition coefficient (Wildman–Crippen LogP) is 4.43. The van der Waals surface area contributed by atoms with Gasteiger partial charge in [0.25, 0.3) is 0 Å². The number of nitrogens with one attached hydrogen (secondary N) is 1. The van der Waals surface area contributed by atoms with Crippen LogP contribution in [-0.4, -0.2) is 19.6 Å². The molecule has 0 unspecified atom stereocenters. The molecule has 2 aromatic carbocycles. The van der Waals surface area contributed by atoms with Gasteiger partial charge in [0.05, 0.1) is 19.8 Å². The summed E-state index contributed by atoms with van der Waals surface area (Å²) in [7, 11) is 1.67. The zero-order chi connectivity index (χ0) is 18.1. The Morgan fingerprint density at radius 1 is 1.16 bits per heavy atom. The molecule has 4 heteroatoms. The van der Waals surface area contributed by atoms with E-state index in [2.05, 4.69) is 18.3 Å². The first kappa shape index (κ1) is 18.8. The third-order valence-electron chi connectivity index (χ3n) is 4.12. The quantitative estimate of drug-likeness (QED) is 0.686. The van der Waals surface area contributed by atoms with Crippen LogP contribution in [0.1, 0.15) is 43.4 Å². The molecule has 0 saturated heterocycles. The lowest BCUT2D eigenvalue weighted by Crippen LogP contribution is -2.28. The Labute approximate surface area is 150 Å². The van der Waals surface area contributed by atoms with Gasteiger partial charge in [0.1, 0.15) is 11.5 Å². The fraction of sp³-hybridized carbons (Fsp3) is 0.381. The highest BCUT2D eigenvalue weighted by molar-refractivity contribution is 5.76. The van der Waals surface area contributed by atoms with Gasteiger partial charge in [-0.3, -0.25) is 4.79 Å². The van der Waals surface area contributed by atoms with Crippen LogP contribution in [0.5, 0.6) is 11.5 Å². The monoisotopic (exact) mass is 341 g/mol. The van der Waals surface area contributed by atoms with Crippen molar-refractivity contribution in [3.05, 3.63) is 59.7 Å². The van der Waals surface area contributed by atoms with Crippen LogP contribution >= 0.6 is 0 Å². The summed E-state index contributed by atoms with van der Waals surface area (Å²) in [6, 6.07) is 15.7. The van der Waals surface area contributed by atoms with Crippen molar-refractivity contribution in [1.82, 2.24) is 5.32 Å². The van der Waals surface area contributed by atoms with Crippen molar-refractivity contribution in [2.45, 2.75) is 39.2 Å². The molecule has 1 amide bonds. The number of carbonyl (C=O) groups is 1. The molecule has 0 aliphatic heterocycles. The average Bonchev–Trinajstić information content (AvgIpc) is 2.64. The third-order valence-corrected chi connectivity index (χ3v) is 4.12. The summed E-state index contributed by atoms with van der Waals surface area (Å²) < 4.78 is 10.9. The lowest BCUT2D eigenvalue weighted by atomic mass is 10.0. The van der Waals surface area contributed by atoms with Gasteiger partial charge in [-0.15, -0.1) is 0 Å². The Hall–Kier alpha value is -2.49. The maximum Gasteiger partial charge on any atom is 0.220 e. The molecule has 4 nitrogen and oxygen atoms in total. The summed E-state index contributed by atoms with van der Waals surface area (Å²) in [6.07, 6.45) is 2.00. The van der Waals surface area contributed by atoms with E-state index in [1.807, 2.05) is 49.4 Å². The van der Waals surface area contributed by atoms with E-state index >= 15 is 0 Å². The van der Waals surface area contributed by atoms with E-state index in [0.717, 1.165) is 29.0 Å². The minimum absolute atomic E-state index is 0.0205. The predicted molar refractivity (Wildman–Crippen MR) is 100 cm³/mol. The van der Waals surface area contributed by atoms with Crippen molar-refractivity contribution in [3.8, 4) is 11.5 Å². The van der Waals surface area contributed by atoms with Gasteiger partial charge in [-0.25, -0.2) is 0 Å². The number of amides is 1. The molecule has 0 aliphatic rings. The number of methoxy groups -OCH3 is 1. The van der Waals surface area contributed by atoms with E-state index in [-0.39, 0.29) is 11.9 Å². The van der Waals surface area contributed by atoms with Crippen molar-refractivity contribution >= 4 is 5.91 Å². The number of benzene rings is 2. The maximum atomic E-state index is 12.2. The summed E-state index contributed by atoms with van der Waals surface area (Å²) in [6.45, 7) is 4.62. The highest BCUT2D eigenvalue weighted by Crippen LogP contribution is 2.24. The Bertz CT molecular complexity index is 670. The number of aryl methyl sites for hydroxylation is 1. The SMILES string of the molecule is CC[C@H](NC(=O)CCCOc1ccccc1)c1ccc(OC)c(C)c1. The molecular formula is C21H27NO3. The molecule has 0 aliphatic carbocycles. The molecule has 0 saturated carbocycles. The normalized spacial score (nSPS) is 11.6. The van der Waals surface area contributed by atoms with E-state index in [0.29, 0.717) is 19.4 Å². The Balaban J connectivity index is 1.80. The van der Waals surface area contributed by atoms with Crippen LogP contribution in [0.2, 0.25) is 0 Å². The summed E-state index contributed by atoms with van der Waals surface area (Å²) in [4.78, 5) is 12.2. The van der Waals surface area contributed by atoms with Crippen molar-refractivity contribution in [2.24, 2.45) is 0 Å². The van der Waals surface area contributed by atoms with E-state index in [1.54, 1.807) is 7.11 Å².